The average molecular weight is 240 g/mol. The van der Waals surface area contributed by atoms with Crippen molar-refractivity contribution in [2.45, 2.75) is 39.5 Å². The number of rotatable bonds is 5. The van der Waals surface area contributed by atoms with E-state index in [2.05, 4.69) is 38.1 Å². The van der Waals surface area contributed by atoms with Crippen molar-refractivity contribution in [1.29, 1.82) is 0 Å². The summed E-state index contributed by atoms with van der Waals surface area (Å²) in [5.41, 5.74) is 3.42. The standard InChI is InChI=1S/C17H20O/c1-3-6-13-8-5-9-15-10-16(12-18)14(7-4-2)11-17(13)15/h5,8-12H,3-4,6-7H2,1-2H3. The number of benzene rings is 2. The molecule has 0 unspecified atom stereocenters. The Hall–Kier alpha value is -1.63. The highest BCUT2D eigenvalue weighted by atomic mass is 16.1. The fourth-order valence-electron chi connectivity index (χ4n) is 2.54. The summed E-state index contributed by atoms with van der Waals surface area (Å²) >= 11 is 0. The smallest absolute Gasteiger partial charge is 0.150 e. The first-order chi connectivity index (χ1) is 8.80. The van der Waals surface area contributed by atoms with E-state index in [0.717, 1.165) is 37.5 Å². The Kier molecular flexibility index (Phi) is 4.14. The lowest BCUT2D eigenvalue weighted by atomic mass is 9.94. The highest BCUT2D eigenvalue weighted by Gasteiger charge is 2.06. The summed E-state index contributed by atoms with van der Waals surface area (Å²) in [7, 11) is 0. The molecule has 0 bridgehead atoms. The number of hydrogen-bond acceptors (Lipinski definition) is 1. The molecule has 0 saturated heterocycles. The predicted molar refractivity (Wildman–Crippen MR) is 77.3 cm³/mol. The van der Waals surface area contributed by atoms with E-state index in [4.69, 9.17) is 0 Å². The minimum Gasteiger partial charge on any atom is -0.298 e. The predicted octanol–water partition coefficient (Wildman–Crippen LogP) is 4.56. The second-order valence-corrected chi connectivity index (χ2v) is 4.81. The molecule has 2 rings (SSSR count). The van der Waals surface area contributed by atoms with E-state index in [1.165, 1.54) is 21.9 Å². The van der Waals surface area contributed by atoms with Gasteiger partial charge in [0.15, 0.2) is 0 Å². The lowest BCUT2D eigenvalue weighted by Crippen LogP contribution is -1.95. The second kappa shape index (κ2) is 5.81. The van der Waals surface area contributed by atoms with Gasteiger partial charge >= 0.3 is 0 Å². The van der Waals surface area contributed by atoms with Gasteiger partial charge in [-0.2, -0.15) is 0 Å². The van der Waals surface area contributed by atoms with Crippen LogP contribution in [-0.2, 0) is 12.8 Å². The van der Waals surface area contributed by atoms with E-state index in [9.17, 15) is 4.79 Å². The molecule has 0 amide bonds. The first-order valence-corrected chi connectivity index (χ1v) is 6.79. The average Bonchev–Trinajstić information content (AvgIpc) is 2.39. The zero-order valence-electron chi connectivity index (χ0n) is 11.2. The largest absolute Gasteiger partial charge is 0.298 e. The number of aryl methyl sites for hydroxylation is 2. The molecule has 0 aliphatic heterocycles. The highest BCUT2D eigenvalue weighted by molar-refractivity contribution is 5.92. The SMILES string of the molecule is CCCc1cc2c(CCC)cccc2cc1C=O. The molecule has 0 aliphatic rings. The quantitative estimate of drug-likeness (QED) is 0.700. The Bertz CT molecular complexity index is 555. The van der Waals surface area contributed by atoms with Gasteiger partial charge in [0.05, 0.1) is 0 Å². The maximum Gasteiger partial charge on any atom is 0.150 e. The third kappa shape index (κ3) is 2.45. The van der Waals surface area contributed by atoms with Crippen molar-refractivity contribution in [3.05, 3.63) is 47.0 Å². The summed E-state index contributed by atoms with van der Waals surface area (Å²) in [5, 5.41) is 2.50. The summed E-state index contributed by atoms with van der Waals surface area (Å²) in [6, 6.07) is 10.6. The van der Waals surface area contributed by atoms with E-state index >= 15 is 0 Å². The summed E-state index contributed by atoms with van der Waals surface area (Å²) < 4.78 is 0. The Morgan fingerprint density at radius 3 is 2.39 bits per heavy atom. The topological polar surface area (TPSA) is 17.1 Å². The van der Waals surface area contributed by atoms with E-state index in [1.54, 1.807) is 0 Å². The van der Waals surface area contributed by atoms with Crippen LogP contribution in [0.25, 0.3) is 10.8 Å². The van der Waals surface area contributed by atoms with Crippen LogP contribution >= 0.6 is 0 Å². The van der Waals surface area contributed by atoms with E-state index in [0.29, 0.717) is 0 Å². The lowest BCUT2D eigenvalue weighted by Gasteiger charge is -2.10. The second-order valence-electron chi connectivity index (χ2n) is 4.81. The number of carbonyl (C=O) groups excluding carboxylic acids is 1. The molecule has 0 atom stereocenters. The van der Waals surface area contributed by atoms with Crippen molar-refractivity contribution >= 4 is 17.1 Å². The lowest BCUT2D eigenvalue weighted by molar-refractivity contribution is 0.112. The van der Waals surface area contributed by atoms with Crippen LogP contribution in [0.5, 0.6) is 0 Å². The van der Waals surface area contributed by atoms with E-state index in [-0.39, 0.29) is 0 Å². The Morgan fingerprint density at radius 1 is 1.00 bits per heavy atom. The third-order valence-corrected chi connectivity index (χ3v) is 3.40. The highest BCUT2D eigenvalue weighted by Crippen LogP contribution is 2.24. The molecule has 0 N–H and O–H groups in total. The zero-order chi connectivity index (χ0) is 13.0. The van der Waals surface area contributed by atoms with Crippen LogP contribution in [0.4, 0.5) is 0 Å². The van der Waals surface area contributed by atoms with Gasteiger partial charge in [-0.1, -0.05) is 51.0 Å². The molecule has 0 aromatic heterocycles. The number of hydrogen-bond donors (Lipinski definition) is 0. The zero-order valence-corrected chi connectivity index (χ0v) is 11.2. The Labute approximate surface area is 109 Å². The third-order valence-electron chi connectivity index (χ3n) is 3.40. The van der Waals surface area contributed by atoms with E-state index in [1.807, 2.05) is 6.07 Å². The van der Waals surface area contributed by atoms with Crippen LogP contribution in [0.3, 0.4) is 0 Å². The van der Waals surface area contributed by atoms with Crippen molar-refractivity contribution in [3.8, 4) is 0 Å². The van der Waals surface area contributed by atoms with Crippen molar-refractivity contribution in [1.82, 2.24) is 0 Å². The fourth-order valence-corrected chi connectivity index (χ4v) is 2.54. The number of carbonyl (C=O) groups is 1. The van der Waals surface area contributed by atoms with Gasteiger partial charge in [0.2, 0.25) is 0 Å². The van der Waals surface area contributed by atoms with Crippen LogP contribution in [0.1, 0.15) is 48.2 Å². The number of aldehydes is 1. The van der Waals surface area contributed by atoms with Gasteiger partial charge in [-0.3, -0.25) is 4.79 Å². The first kappa shape index (κ1) is 12.8. The van der Waals surface area contributed by atoms with Crippen molar-refractivity contribution in [2.24, 2.45) is 0 Å². The molecule has 94 valence electrons. The minimum absolute atomic E-state index is 0.845. The molecule has 0 aliphatic carbocycles. The fraction of sp³-hybridized carbons (Fsp3) is 0.353. The normalized spacial score (nSPS) is 10.8. The van der Waals surface area contributed by atoms with Gasteiger partial charge in [-0.05, 0) is 40.8 Å². The van der Waals surface area contributed by atoms with Crippen molar-refractivity contribution < 1.29 is 4.79 Å². The maximum atomic E-state index is 11.2. The molecule has 18 heavy (non-hydrogen) atoms. The van der Waals surface area contributed by atoms with Crippen LogP contribution < -0.4 is 0 Å². The van der Waals surface area contributed by atoms with Crippen LogP contribution in [-0.4, -0.2) is 6.29 Å². The molecule has 0 spiro atoms. The Balaban J connectivity index is 2.63. The number of fused-ring (bicyclic) bond motifs is 1. The van der Waals surface area contributed by atoms with Gasteiger partial charge in [-0.15, -0.1) is 0 Å². The summed E-state index contributed by atoms with van der Waals surface area (Å²) in [6.45, 7) is 4.35. The van der Waals surface area contributed by atoms with Crippen molar-refractivity contribution in [2.75, 3.05) is 0 Å². The van der Waals surface area contributed by atoms with Crippen LogP contribution in [0, 0.1) is 0 Å². The Morgan fingerprint density at radius 2 is 1.72 bits per heavy atom. The summed E-state index contributed by atoms with van der Waals surface area (Å²) in [4.78, 5) is 11.2. The van der Waals surface area contributed by atoms with Gasteiger partial charge in [0.1, 0.15) is 6.29 Å². The van der Waals surface area contributed by atoms with E-state index < -0.39 is 0 Å². The van der Waals surface area contributed by atoms with Gasteiger partial charge in [0.25, 0.3) is 0 Å². The molecular formula is C17H20O. The molecule has 2 aromatic carbocycles. The molecule has 0 radical (unpaired) electrons. The van der Waals surface area contributed by atoms with Crippen LogP contribution in [0.2, 0.25) is 0 Å². The maximum absolute atomic E-state index is 11.2. The van der Waals surface area contributed by atoms with Crippen LogP contribution in [0.15, 0.2) is 30.3 Å². The van der Waals surface area contributed by atoms with Gasteiger partial charge in [0, 0.05) is 5.56 Å². The van der Waals surface area contributed by atoms with Gasteiger partial charge < -0.3 is 0 Å². The molecule has 1 heteroatoms. The summed E-state index contributed by atoms with van der Waals surface area (Å²) in [5.74, 6) is 0. The molecule has 1 nitrogen and oxygen atoms in total. The van der Waals surface area contributed by atoms with Crippen molar-refractivity contribution in [3.63, 3.8) is 0 Å². The molecule has 0 heterocycles. The van der Waals surface area contributed by atoms with Gasteiger partial charge in [-0.25, -0.2) is 0 Å². The molecule has 0 fully saturated rings. The monoisotopic (exact) mass is 240 g/mol. The first-order valence-electron chi connectivity index (χ1n) is 6.79. The minimum atomic E-state index is 0.845. The molecular weight excluding hydrogens is 220 g/mol. The molecule has 2 aromatic rings. The molecule has 0 saturated carbocycles. The summed E-state index contributed by atoms with van der Waals surface area (Å²) in [6.07, 6.45) is 5.28.